The lowest BCUT2D eigenvalue weighted by Crippen LogP contribution is -2.46. The molecule has 2 aliphatic rings. The lowest BCUT2D eigenvalue weighted by atomic mass is 9.84. The molecule has 1 heterocycles. The van der Waals surface area contributed by atoms with E-state index >= 15 is 0 Å². The summed E-state index contributed by atoms with van der Waals surface area (Å²) in [5.41, 5.74) is 1.47. The molecule has 1 aromatic carbocycles. The number of aliphatic hydroxyl groups is 1. The van der Waals surface area contributed by atoms with Gasteiger partial charge in [0, 0.05) is 24.6 Å². The van der Waals surface area contributed by atoms with Crippen LogP contribution in [0.5, 0.6) is 0 Å². The second-order valence-corrected chi connectivity index (χ2v) is 8.72. The van der Waals surface area contributed by atoms with Crippen molar-refractivity contribution in [3.63, 3.8) is 0 Å². The molecule has 1 unspecified atom stereocenters. The van der Waals surface area contributed by atoms with Crippen molar-refractivity contribution >= 4 is 11.7 Å². The SMILES string of the molecule is CC(C)(C)c1ccc(C(=O)C2CCCN(C(=O)C3(CO)CC3)C2)cc1. The van der Waals surface area contributed by atoms with Gasteiger partial charge in [-0.05, 0) is 36.7 Å². The molecule has 0 radical (unpaired) electrons. The fraction of sp³-hybridized carbons (Fsp3) is 0.619. The van der Waals surface area contributed by atoms with Gasteiger partial charge in [0.25, 0.3) is 0 Å². The van der Waals surface area contributed by atoms with Crippen LogP contribution in [0.25, 0.3) is 0 Å². The summed E-state index contributed by atoms with van der Waals surface area (Å²) in [6.07, 6.45) is 3.22. The first-order valence-corrected chi connectivity index (χ1v) is 9.32. The van der Waals surface area contributed by atoms with Gasteiger partial charge in [0.1, 0.15) is 0 Å². The molecule has 0 aromatic heterocycles. The van der Waals surface area contributed by atoms with Crippen LogP contribution in [-0.2, 0) is 10.2 Å². The third-order valence-corrected chi connectivity index (χ3v) is 5.72. The zero-order valence-corrected chi connectivity index (χ0v) is 15.5. The van der Waals surface area contributed by atoms with Crippen molar-refractivity contribution in [3.05, 3.63) is 35.4 Å². The van der Waals surface area contributed by atoms with Crippen molar-refractivity contribution in [1.82, 2.24) is 4.90 Å². The number of aliphatic hydroxyl groups excluding tert-OH is 1. The quantitative estimate of drug-likeness (QED) is 0.854. The predicted octanol–water partition coefficient (Wildman–Crippen LogP) is 3.18. The number of carbonyl (C=O) groups excluding carboxylic acids is 2. The molecule has 1 amide bonds. The number of nitrogens with zero attached hydrogens (tertiary/aromatic N) is 1. The Hall–Kier alpha value is -1.68. The number of ketones is 1. The minimum absolute atomic E-state index is 0.0376. The van der Waals surface area contributed by atoms with Gasteiger partial charge in [0.05, 0.1) is 12.0 Å². The Morgan fingerprint density at radius 1 is 1.20 bits per heavy atom. The fourth-order valence-electron chi connectivity index (χ4n) is 3.67. The third-order valence-electron chi connectivity index (χ3n) is 5.72. The van der Waals surface area contributed by atoms with Crippen molar-refractivity contribution in [1.29, 1.82) is 0 Å². The van der Waals surface area contributed by atoms with Gasteiger partial charge >= 0.3 is 0 Å². The zero-order chi connectivity index (χ0) is 18.2. The predicted molar refractivity (Wildman–Crippen MR) is 97.5 cm³/mol. The van der Waals surface area contributed by atoms with Crippen molar-refractivity contribution < 1.29 is 14.7 Å². The standard InChI is InChI=1S/C21H29NO3/c1-20(2,3)17-8-6-15(7-9-17)18(24)16-5-4-12-22(13-16)19(25)21(14-23)10-11-21/h6-9,16,23H,4-5,10-14H2,1-3H3. The highest BCUT2D eigenvalue weighted by Crippen LogP contribution is 2.47. The van der Waals surface area contributed by atoms with E-state index in [1.54, 1.807) is 4.90 Å². The number of likely N-dealkylation sites (tertiary alicyclic amines) is 1. The number of benzene rings is 1. The Morgan fingerprint density at radius 3 is 2.36 bits per heavy atom. The van der Waals surface area contributed by atoms with Crippen LogP contribution in [0, 0.1) is 11.3 Å². The highest BCUT2D eigenvalue weighted by atomic mass is 16.3. The molecule has 25 heavy (non-hydrogen) atoms. The molecular weight excluding hydrogens is 314 g/mol. The van der Waals surface area contributed by atoms with Gasteiger partial charge in [0.15, 0.2) is 5.78 Å². The van der Waals surface area contributed by atoms with Crippen molar-refractivity contribution in [2.75, 3.05) is 19.7 Å². The van der Waals surface area contributed by atoms with E-state index in [2.05, 4.69) is 20.8 Å². The summed E-state index contributed by atoms with van der Waals surface area (Å²) in [5, 5.41) is 9.49. The minimum atomic E-state index is -0.542. The normalized spacial score (nSPS) is 22.6. The second-order valence-electron chi connectivity index (χ2n) is 8.72. The first-order chi connectivity index (χ1) is 11.8. The topological polar surface area (TPSA) is 57.6 Å². The lowest BCUT2D eigenvalue weighted by molar-refractivity contribution is -0.140. The van der Waals surface area contributed by atoms with Crippen molar-refractivity contribution in [3.8, 4) is 0 Å². The molecule has 1 saturated heterocycles. The number of amides is 1. The highest BCUT2D eigenvalue weighted by molar-refractivity contribution is 5.98. The van der Waals surface area contributed by atoms with E-state index in [9.17, 15) is 14.7 Å². The first kappa shape index (κ1) is 18.1. The first-order valence-electron chi connectivity index (χ1n) is 9.32. The molecular formula is C21H29NO3. The second kappa shape index (κ2) is 6.56. The largest absolute Gasteiger partial charge is 0.395 e. The van der Waals surface area contributed by atoms with E-state index in [0.717, 1.165) is 31.2 Å². The third kappa shape index (κ3) is 3.64. The van der Waals surface area contributed by atoms with Crippen LogP contribution in [0.2, 0.25) is 0 Å². The molecule has 3 rings (SSSR count). The van der Waals surface area contributed by atoms with E-state index in [1.807, 2.05) is 24.3 Å². The van der Waals surface area contributed by atoms with Crippen molar-refractivity contribution in [2.45, 2.75) is 51.9 Å². The van der Waals surface area contributed by atoms with Crippen LogP contribution < -0.4 is 0 Å². The Labute approximate surface area is 150 Å². The molecule has 1 aliphatic heterocycles. The number of piperidine rings is 1. The Morgan fingerprint density at radius 2 is 1.84 bits per heavy atom. The molecule has 0 spiro atoms. The Kier molecular flexibility index (Phi) is 4.76. The summed E-state index contributed by atoms with van der Waals surface area (Å²) >= 11 is 0. The van der Waals surface area contributed by atoms with Crippen LogP contribution in [0.1, 0.15) is 62.4 Å². The maximum absolute atomic E-state index is 12.9. The minimum Gasteiger partial charge on any atom is -0.395 e. The summed E-state index contributed by atoms with van der Waals surface area (Å²) in [6, 6.07) is 7.90. The monoisotopic (exact) mass is 343 g/mol. The molecule has 1 aromatic rings. The maximum Gasteiger partial charge on any atom is 0.231 e. The molecule has 4 heteroatoms. The van der Waals surface area contributed by atoms with Gasteiger partial charge in [-0.3, -0.25) is 9.59 Å². The van der Waals surface area contributed by atoms with Crippen LogP contribution in [0.15, 0.2) is 24.3 Å². The van der Waals surface area contributed by atoms with Gasteiger partial charge in [-0.1, -0.05) is 45.0 Å². The summed E-state index contributed by atoms with van der Waals surface area (Å²) in [6.45, 7) is 7.58. The molecule has 1 atom stereocenters. The molecule has 0 bridgehead atoms. The van der Waals surface area contributed by atoms with Gasteiger partial charge < -0.3 is 10.0 Å². The van der Waals surface area contributed by atoms with Crippen LogP contribution in [0.3, 0.4) is 0 Å². The Bertz CT molecular complexity index is 653. The molecule has 4 nitrogen and oxygen atoms in total. The van der Waals surface area contributed by atoms with Crippen LogP contribution >= 0.6 is 0 Å². The van der Waals surface area contributed by atoms with Gasteiger partial charge in [-0.2, -0.15) is 0 Å². The molecule has 1 N–H and O–H groups in total. The number of hydrogen-bond donors (Lipinski definition) is 1. The van der Waals surface area contributed by atoms with Gasteiger partial charge in [0.2, 0.25) is 5.91 Å². The number of carbonyl (C=O) groups is 2. The van der Waals surface area contributed by atoms with Crippen molar-refractivity contribution in [2.24, 2.45) is 11.3 Å². The summed E-state index contributed by atoms with van der Waals surface area (Å²) in [7, 11) is 0. The highest BCUT2D eigenvalue weighted by Gasteiger charge is 2.51. The summed E-state index contributed by atoms with van der Waals surface area (Å²) < 4.78 is 0. The van der Waals surface area contributed by atoms with E-state index < -0.39 is 5.41 Å². The van der Waals surface area contributed by atoms with E-state index in [-0.39, 0.29) is 29.6 Å². The smallest absolute Gasteiger partial charge is 0.231 e. The average Bonchev–Trinajstić information content (AvgIpc) is 3.41. The maximum atomic E-state index is 12.9. The summed E-state index contributed by atoms with van der Waals surface area (Å²) in [5.74, 6) is 0.0371. The summed E-state index contributed by atoms with van der Waals surface area (Å²) in [4.78, 5) is 27.3. The van der Waals surface area contributed by atoms with Crippen LogP contribution in [0.4, 0.5) is 0 Å². The number of Topliss-reactive ketones (excluding diaryl/α,β-unsaturated/α-hetero) is 1. The van der Waals surface area contributed by atoms with Gasteiger partial charge in [-0.25, -0.2) is 0 Å². The molecule has 1 saturated carbocycles. The number of hydrogen-bond acceptors (Lipinski definition) is 3. The zero-order valence-electron chi connectivity index (χ0n) is 15.5. The molecule has 1 aliphatic carbocycles. The van der Waals surface area contributed by atoms with Crippen LogP contribution in [-0.4, -0.2) is 41.4 Å². The van der Waals surface area contributed by atoms with Gasteiger partial charge in [-0.15, -0.1) is 0 Å². The average molecular weight is 343 g/mol. The molecule has 2 fully saturated rings. The number of rotatable bonds is 4. The van der Waals surface area contributed by atoms with E-state index in [0.29, 0.717) is 13.1 Å². The van der Waals surface area contributed by atoms with E-state index in [1.165, 1.54) is 5.56 Å². The fourth-order valence-corrected chi connectivity index (χ4v) is 3.67. The Balaban J connectivity index is 1.69. The lowest BCUT2D eigenvalue weighted by Gasteiger charge is -2.34. The van der Waals surface area contributed by atoms with E-state index in [4.69, 9.17) is 0 Å². The molecule has 136 valence electrons.